The molecule has 1 aromatic rings. The van der Waals surface area contributed by atoms with E-state index < -0.39 is 0 Å². The Labute approximate surface area is 117 Å². The maximum atomic E-state index is 12.0. The van der Waals surface area contributed by atoms with Crippen LogP contribution in [0.4, 0.5) is 11.4 Å². The van der Waals surface area contributed by atoms with Crippen LogP contribution < -0.4 is 10.2 Å². The third kappa shape index (κ3) is 3.07. The SMILES string of the molecule is CC(=O)Nc1cccc2c1CCC(=O)N2CCCCl. The lowest BCUT2D eigenvalue weighted by atomic mass is 9.99. The summed E-state index contributed by atoms with van der Waals surface area (Å²) in [5.41, 5.74) is 2.73. The van der Waals surface area contributed by atoms with Gasteiger partial charge in [0.2, 0.25) is 11.8 Å². The van der Waals surface area contributed by atoms with Crippen LogP contribution in [0.1, 0.15) is 25.3 Å². The molecule has 0 radical (unpaired) electrons. The van der Waals surface area contributed by atoms with E-state index in [4.69, 9.17) is 11.6 Å². The van der Waals surface area contributed by atoms with E-state index in [1.807, 2.05) is 18.2 Å². The molecule has 1 heterocycles. The van der Waals surface area contributed by atoms with Gasteiger partial charge >= 0.3 is 0 Å². The van der Waals surface area contributed by atoms with Crippen molar-refractivity contribution in [3.8, 4) is 0 Å². The van der Waals surface area contributed by atoms with E-state index in [2.05, 4.69) is 5.32 Å². The van der Waals surface area contributed by atoms with Crippen LogP contribution in [0.5, 0.6) is 0 Å². The molecule has 19 heavy (non-hydrogen) atoms. The second-order valence-electron chi connectivity index (χ2n) is 4.57. The molecule has 0 spiro atoms. The largest absolute Gasteiger partial charge is 0.326 e. The first-order chi connectivity index (χ1) is 9.13. The predicted molar refractivity (Wildman–Crippen MR) is 76.8 cm³/mol. The molecule has 2 rings (SSSR count). The Kier molecular flexibility index (Phi) is 4.43. The highest BCUT2D eigenvalue weighted by Gasteiger charge is 2.25. The van der Waals surface area contributed by atoms with Crippen molar-refractivity contribution in [3.63, 3.8) is 0 Å². The van der Waals surface area contributed by atoms with Crippen LogP contribution in [0.15, 0.2) is 18.2 Å². The summed E-state index contributed by atoms with van der Waals surface area (Å²) in [4.78, 5) is 25.0. The first kappa shape index (κ1) is 13.9. The molecule has 0 aliphatic carbocycles. The van der Waals surface area contributed by atoms with Crippen LogP contribution in [0.3, 0.4) is 0 Å². The fraction of sp³-hybridized carbons (Fsp3) is 0.429. The fourth-order valence-electron chi connectivity index (χ4n) is 2.36. The van der Waals surface area contributed by atoms with Gasteiger partial charge in [0, 0.05) is 37.1 Å². The molecule has 1 aromatic carbocycles. The van der Waals surface area contributed by atoms with Gasteiger partial charge in [0.25, 0.3) is 0 Å². The van der Waals surface area contributed by atoms with Gasteiger partial charge in [-0.25, -0.2) is 0 Å². The number of carbonyl (C=O) groups is 2. The molecule has 0 fully saturated rings. The Balaban J connectivity index is 2.34. The third-order valence-corrected chi connectivity index (χ3v) is 3.43. The summed E-state index contributed by atoms with van der Waals surface area (Å²) < 4.78 is 0. The number of anilines is 2. The highest BCUT2D eigenvalue weighted by Crippen LogP contribution is 2.33. The molecule has 4 nitrogen and oxygen atoms in total. The number of nitrogens with zero attached hydrogens (tertiary/aromatic N) is 1. The van der Waals surface area contributed by atoms with E-state index in [0.717, 1.165) is 23.4 Å². The summed E-state index contributed by atoms with van der Waals surface area (Å²) >= 11 is 5.70. The van der Waals surface area contributed by atoms with E-state index in [1.165, 1.54) is 6.92 Å². The van der Waals surface area contributed by atoms with Gasteiger partial charge < -0.3 is 10.2 Å². The first-order valence-electron chi connectivity index (χ1n) is 6.39. The molecule has 0 bridgehead atoms. The average molecular weight is 281 g/mol. The molecule has 0 saturated heterocycles. The summed E-state index contributed by atoms with van der Waals surface area (Å²) in [6, 6.07) is 5.65. The van der Waals surface area contributed by atoms with Crippen molar-refractivity contribution in [2.45, 2.75) is 26.2 Å². The zero-order valence-electron chi connectivity index (χ0n) is 10.9. The summed E-state index contributed by atoms with van der Waals surface area (Å²) in [6.07, 6.45) is 1.91. The van der Waals surface area contributed by atoms with Crippen molar-refractivity contribution in [1.82, 2.24) is 0 Å². The monoisotopic (exact) mass is 280 g/mol. The number of hydrogen-bond donors (Lipinski definition) is 1. The number of alkyl halides is 1. The quantitative estimate of drug-likeness (QED) is 0.862. The van der Waals surface area contributed by atoms with Gasteiger partial charge in [0.1, 0.15) is 0 Å². The number of halogens is 1. The zero-order chi connectivity index (χ0) is 13.8. The van der Waals surface area contributed by atoms with E-state index in [0.29, 0.717) is 25.3 Å². The molecule has 0 unspecified atom stereocenters. The number of carbonyl (C=O) groups excluding carboxylic acids is 2. The lowest BCUT2D eigenvalue weighted by Gasteiger charge is -2.30. The van der Waals surface area contributed by atoms with Crippen molar-refractivity contribution in [3.05, 3.63) is 23.8 Å². The van der Waals surface area contributed by atoms with Crippen molar-refractivity contribution in [1.29, 1.82) is 0 Å². The van der Waals surface area contributed by atoms with Crippen LogP contribution in [-0.2, 0) is 16.0 Å². The second kappa shape index (κ2) is 6.06. The van der Waals surface area contributed by atoms with E-state index in [-0.39, 0.29) is 11.8 Å². The number of nitrogens with one attached hydrogen (secondary N) is 1. The number of benzene rings is 1. The number of hydrogen-bond acceptors (Lipinski definition) is 2. The van der Waals surface area contributed by atoms with Crippen LogP contribution >= 0.6 is 11.6 Å². The number of fused-ring (bicyclic) bond motifs is 1. The fourth-order valence-corrected chi connectivity index (χ4v) is 2.48. The molecule has 1 aliphatic heterocycles. The van der Waals surface area contributed by atoms with Crippen molar-refractivity contribution >= 4 is 34.8 Å². The first-order valence-corrected chi connectivity index (χ1v) is 6.92. The predicted octanol–water partition coefficient (Wildman–Crippen LogP) is 2.55. The van der Waals surface area contributed by atoms with Crippen LogP contribution in [-0.4, -0.2) is 24.2 Å². The maximum Gasteiger partial charge on any atom is 0.227 e. The second-order valence-corrected chi connectivity index (χ2v) is 4.95. The molecular weight excluding hydrogens is 264 g/mol. The molecule has 0 aromatic heterocycles. The molecule has 2 amide bonds. The van der Waals surface area contributed by atoms with Crippen LogP contribution in [0.2, 0.25) is 0 Å². The normalized spacial score (nSPS) is 14.2. The Morgan fingerprint density at radius 3 is 2.89 bits per heavy atom. The Bertz CT molecular complexity index is 502. The van der Waals surface area contributed by atoms with Crippen molar-refractivity contribution in [2.24, 2.45) is 0 Å². The molecule has 1 N–H and O–H groups in total. The highest BCUT2D eigenvalue weighted by molar-refractivity contribution is 6.17. The zero-order valence-corrected chi connectivity index (χ0v) is 11.7. The van der Waals surface area contributed by atoms with E-state index in [1.54, 1.807) is 4.90 Å². The lowest BCUT2D eigenvalue weighted by Crippen LogP contribution is -2.36. The Morgan fingerprint density at radius 1 is 1.42 bits per heavy atom. The van der Waals surface area contributed by atoms with Crippen molar-refractivity contribution < 1.29 is 9.59 Å². The minimum Gasteiger partial charge on any atom is -0.326 e. The molecule has 1 aliphatic rings. The van der Waals surface area contributed by atoms with Gasteiger partial charge in [0.15, 0.2) is 0 Å². The number of rotatable bonds is 4. The molecule has 0 atom stereocenters. The minimum atomic E-state index is -0.0994. The van der Waals surface area contributed by atoms with Gasteiger partial charge in [-0.05, 0) is 30.5 Å². The smallest absolute Gasteiger partial charge is 0.227 e. The maximum absolute atomic E-state index is 12.0. The summed E-state index contributed by atoms with van der Waals surface area (Å²) in [5.74, 6) is 0.556. The molecular formula is C14H17ClN2O2. The molecule has 5 heteroatoms. The third-order valence-electron chi connectivity index (χ3n) is 3.16. The minimum absolute atomic E-state index is 0.0994. The van der Waals surface area contributed by atoms with Gasteiger partial charge in [-0.15, -0.1) is 11.6 Å². The van der Waals surface area contributed by atoms with Gasteiger partial charge in [-0.1, -0.05) is 6.07 Å². The van der Waals surface area contributed by atoms with Gasteiger partial charge in [-0.2, -0.15) is 0 Å². The van der Waals surface area contributed by atoms with E-state index in [9.17, 15) is 9.59 Å². The topological polar surface area (TPSA) is 49.4 Å². The van der Waals surface area contributed by atoms with Gasteiger partial charge in [0.05, 0.1) is 0 Å². The standard InChI is InChI=1S/C14H17ClN2O2/c1-10(18)16-12-4-2-5-13-11(12)6-7-14(19)17(13)9-3-8-15/h2,4-5H,3,6-9H2,1H3,(H,16,18). The van der Waals surface area contributed by atoms with E-state index >= 15 is 0 Å². The Hall–Kier alpha value is -1.55. The summed E-state index contributed by atoms with van der Waals surface area (Å²) in [5, 5.41) is 2.82. The van der Waals surface area contributed by atoms with Gasteiger partial charge in [-0.3, -0.25) is 9.59 Å². The Morgan fingerprint density at radius 2 is 2.21 bits per heavy atom. The number of amides is 2. The average Bonchev–Trinajstić information content (AvgIpc) is 2.37. The molecule has 102 valence electrons. The van der Waals surface area contributed by atoms with Crippen LogP contribution in [0, 0.1) is 0 Å². The highest BCUT2D eigenvalue weighted by atomic mass is 35.5. The lowest BCUT2D eigenvalue weighted by molar-refractivity contribution is -0.119. The summed E-state index contributed by atoms with van der Waals surface area (Å²) in [6.45, 7) is 2.11. The summed E-state index contributed by atoms with van der Waals surface area (Å²) in [7, 11) is 0. The van der Waals surface area contributed by atoms with Crippen molar-refractivity contribution in [2.75, 3.05) is 22.6 Å². The molecule has 0 saturated carbocycles. The van der Waals surface area contributed by atoms with Crippen LogP contribution in [0.25, 0.3) is 0 Å².